The highest BCUT2D eigenvalue weighted by Crippen LogP contribution is 2.30. The Morgan fingerprint density at radius 3 is 2.67 bits per heavy atom. The van der Waals surface area contributed by atoms with Crippen LogP contribution >= 0.6 is 24.8 Å². The summed E-state index contributed by atoms with van der Waals surface area (Å²) in [6.45, 7) is 2.50. The van der Waals surface area contributed by atoms with Crippen molar-refractivity contribution in [3.63, 3.8) is 0 Å². The predicted octanol–water partition coefficient (Wildman–Crippen LogP) is 2.26. The highest BCUT2D eigenvalue weighted by Gasteiger charge is 2.41. The lowest BCUT2D eigenvalue weighted by Gasteiger charge is -2.45. The largest absolute Gasteiger partial charge is 0.489 e. The van der Waals surface area contributed by atoms with Crippen LogP contribution in [0.2, 0.25) is 0 Å². The smallest absolute Gasteiger partial charge is 0.210 e. The average molecular weight is 370 g/mol. The molecule has 3 rings (SSSR count). The molecule has 1 unspecified atom stereocenters. The molecular weight excluding hydrogens is 349 g/mol. The van der Waals surface area contributed by atoms with E-state index in [1.165, 1.54) is 0 Å². The number of hydrogen-bond donors (Lipinski definition) is 1. The van der Waals surface area contributed by atoms with E-state index in [0.717, 1.165) is 18.5 Å². The summed E-state index contributed by atoms with van der Waals surface area (Å²) in [5.41, 5.74) is 0.565. The number of carbonyl (C=O) groups is 1. The van der Waals surface area contributed by atoms with Gasteiger partial charge in [0.05, 0.1) is 6.20 Å². The molecule has 1 aromatic heterocycles. The summed E-state index contributed by atoms with van der Waals surface area (Å²) in [4.78, 5) is 17.5. The van der Waals surface area contributed by atoms with Crippen molar-refractivity contribution in [2.45, 2.75) is 5.54 Å². The van der Waals surface area contributed by atoms with Gasteiger partial charge in [0.1, 0.15) is 17.9 Å². The molecule has 1 aromatic carbocycles. The molecule has 24 heavy (non-hydrogen) atoms. The van der Waals surface area contributed by atoms with Crippen LogP contribution in [0, 0.1) is 0 Å². The number of piperazine rings is 1. The first-order chi connectivity index (χ1) is 10.8. The molecule has 0 saturated carbocycles. The number of aromatic nitrogens is 1. The van der Waals surface area contributed by atoms with Gasteiger partial charge in [0.25, 0.3) is 0 Å². The molecule has 2 aromatic rings. The third-order valence-electron chi connectivity index (χ3n) is 4.05. The minimum atomic E-state index is -0.503. The molecule has 1 saturated heterocycles. The highest BCUT2D eigenvalue weighted by molar-refractivity contribution is 5.85. The zero-order valence-corrected chi connectivity index (χ0v) is 14.8. The minimum Gasteiger partial charge on any atom is -0.489 e. The van der Waals surface area contributed by atoms with Crippen molar-refractivity contribution in [3.05, 3.63) is 60.4 Å². The van der Waals surface area contributed by atoms with Crippen molar-refractivity contribution in [3.8, 4) is 5.75 Å². The van der Waals surface area contributed by atoms with Crippen molar-refractivity contribution in [1.82, 2.24) is 15.2 Å². The minimum absolute atomic E-state index is 0. The summed E-state index contributed by atoms with van der Waals surface area (Å²) in [7, 11) is 0. The van der Waals surface area contributed by atoms with Crippen molar-refractivity contribution in [2.24, 2.45) is 0 Å². The van der Waals surface area contributed by atoms with Gasteiger partial charge in [-0.25, -0.2) is 0 Å². The molecule has 1 atom stereocenters. The number of pyridine rings is 1. The molecule has 0 bridgehead atoms. The quantitative estimate of drug-likeness (QED) is 0.821. The van der Waals surface area contributed by atoms with Gasteiger partial charge in [0.15, 0.2) is 0 Å². The number of hydrogen-bond acceptors (Lipinski definition) is 4. The number of ether oxygens (including phenoxy) is 1. The molecule has 5 nitrogen and oxygen atoms in total. The summed E-state index contributed by atoms with van der Waals surface area (Å²) in [6.07, 6.45) is 4.31. The van der Waals surface area contributed by atoms with Crippen LogP contribution in [0.4, 0.5) is 0 Å². The van der Waals surface area contributed by atoms with Crippen LogP contribution in [0.3, 0.4) is 0 Å². The number of nitrogens with zero attached hydrogens (tertiary/aromatic N) is 2. The molecule has 0 aliphatic carbocycles. The number of amides is 1. The SMILES string of the molecule is Cl.Cl.O=CN1CCNCC1(COc1cccnc1)c1ccccc1. The number of rotatable bonds is 5. The maximum absolute atomic E-state index is 11.6. The fraction of sp³-hybridized carbons (Fsp3) is 0.294. The Morgan fingerprint density at radius 1 is 1.21 bits per heavy atom. The Labute approximate surface area is 154 Å². The van der Waals surface area contributed by atoms with Crippen LogP contribution in [0.5, 0.6) is 5.75 Å². The molecule has 0 radical (unpaired) electrons. The van der Waals surface area contributed by atoms with Crippen LogP contribution in [-0.2, 0) is 10.3 Å². The summed E-state index contributed by atoms with van der Waals surface area (Å²) < 4.78 is 5.93. The summed E-state index contributed by atoms with van der Waals surface area (Å²) >= 11 is 0. The zero-order chi connectivity index (χ0) is 15.3. The fourth-order valence-corrected chi connectivity index (χ4v) is 2.83. The first kappa shape index (κ1) is 20.2. The van der Waals surface area contributed by atoms with Crippen molar-refractivity contribution in [1.29, 1.82) is 0 Å². The molecular formula is C17H21Cl2N3O2. The summed E-state index contributed by atoms with van der Waals surface area (Å²) in [6, 6.07) is 13.7. The maximum atomic E-state index is 11.6. The third kappa shape index (κ3) is 4.17. The molecule has 0 spiro atoms. The van der Waals surface area contributed by atoms with E-state index in [2.05, 4.69) is 10.3 Å². The second kappa shape index (κ2) is 9.47. The molecule has 7 heteroatoms. The number of nitrogens with one attached hydrogen (secondary N) is 1. The van der Waals surface area contributed by atoms with Gasteiger partial charge in [-0.3, -0.25) is 9.78 Å². The van der Waals surface area contributed by atoms with Gasteiger partial charge in [0.2, 0.25) is 6.41 Å². The predicted molar refractivity (Wildman–Crippen MR) is 98.0 cm³/mol. The number of benzene rings is 1. The Morgan fingerprint density at radius 2 is 2.00 bits per heavy atom. The Bertz CT molecular complexity index is 616. The van der Waals surface area contributed by atoms with Crippen LogP contribution in [0.15, 0.2) is 54.9 Å². The molecule has 1 amide bonds. The first-order valence-electron chi connectivity index (χ1n) is 7.36. The number of carbonyl (C=O) groups excluding carboxylic acids is 1. The van der Waals surface area contributed by atoms with E-state index < -0.39 is 5.54 Å². The van der Waals surface area contributed by atoms with Crippen molar-refractivity contribution in [2.75, 3.05) is 26.2 Å². The van der Waals surface area contributed by atoms with Crippen LogP contribution < -0.4 is 10.1 Å². The number of halogens is 2. The molecule has 1 fully saturated rings. The second-order valence-electron chi connectivity index (χ2n) is 5.35. The maximum Gasteiger partial charge on any atom is 0.210 e. The molecule has 130 valence electrons. The van der Waals surface area contributed by atoms with Gasteiger partial charge in [-0.05, 0) is 17.7 Å². The van der Waals surface area contributed by atoms with Gasteiger partial charge >= 0.3 is 0 Å². The van der Waals surface area contributed by atoms with E-state index in [-0.39, 0.29) is 24.8 Å². The van der Waals surface area contributed by atoms with Gasteiger partial charge in [-0.1, -0.05) is 30.3 Å². The molecule has 1 aliphatic heterocycles. The van der Waals surface area contributed by atoms with E-state index >= 15 is 0 Å². The van der Waals surface area contributed by atoms with Crippen LogP contribution in [-0.4, -0.2) is 42.5 Å². The normalized spacial score (nSPS) is 19.6. The van der Waals surface area contributed by atoms with Crippen molar-refractivity contribution < 1.29 is 9.53 Å². The topological polar surface area (TPSA) is 54.5 Å². The molecule has 2 heterocycles. The average Bonchev–Trinajstić information content (AvgIpc) is 2.62. The van der Waals surface area contributed by atoms with Gasteiger partial charge < -0.3 is 15.0 Å². The lowest BCUT2D eigenvalue weighted by atomic mass is 9.87. The monoisotopic (exact) mass is 369 g/mol. The van der Waals surface area contributed by atoms with Crippen LogP contribution in [0.1, 0.15) is 5.56 Å². The van der Waals surface area contributed by atoms with E-state index in [4.69, 9.17) is 4.74 Å². The van der Waals surface area contributed by atoms with E-state index in [1.807, 2.05) is 47.4 Å². The van der Waals surface area contributed by atoms with E-state index in [0.29, 0.717) is 25.4 Å². The summed E-state index contributed by atoms with van der Waals surface area (Å²) in [5.74, 6) is 0.703. The van der Waals surface area contributed by atoms with Crippen LogP contribution in [0.25, 0.3) is 0 Å². The highest BCUT2D eigenvalue weighted by atomic mass is 35.5. The second-order valence-corrected chi connectivity index (χ2v) is 5.35. The summed E-state index contributed by atoms with van der Waals surface area (Å²) in [5, 5.41) is 3.38. The first-order valence-corrected chi connectivity index (χ1v) is 7.36. The van der Waals surface area contributed by atoms with E-state index in [9.17, 15) is 4.79 Å². The lowest BCUT2D eigenvalue weighted by Crippen LogP contribution is -2.61. The Balaban J connectivity index is 0.00000144. The standard InChI is InChI=1S/C17H19N3O2.2ClH/c21-14-20-10-9-19-12-17(20,15-5-2-1-3-6-15)13-22-16-7-4-8-18-11-16;;/h1-8,11,14,19H,9-10,12-13H2;2*1H. The Hall–Kier alpha value is -1.82. The zero-order valence-electron chi connectivity index (χ0n) is 13.1. The molecule has 1 aliphatic rings. The van der Waals surface area contributed by atoms with Gasteiger partial charge in [0, 0.05) is 25.8 Å². The fourth-order valence-electron chi connectivity index (χ4n) is 2.83. The third-order valence-corrected chi connectivity index (χ3v) is 4.05. The van der Waals surface area contributed by atoms with Gasteiger partial charge in [-0.2, -0.15) is 0 Å². The lowest BCUT2D eigenvalue weighted by molar-refractivity contribution is -0.127. The Kier molecular flexibility index (Phi) is 7.98. The van der Waals surface area contributed by atoms with E-state index in [1.54, 1.807) is 12.4 Å². The van der Waals surface area contributed by atoms with Crippen molar-refractivity contribution >= 4 is 31.2 Å². The molecule has 1 N–H and O–H groups in total. The van der Waals surface area contributed by atoms with Gasteiger partial charge in [-0.15, -0.1) is 24.8 Å².